The molecule has 5 heteroatoms. The first-order valence-electron chi connectivity index (χ1n) is 8.10. The molecule has 0 atom stereocenters. The van der Waals surface area contributed by atoms with Crippen molar-refractivity contribution in [1.82, 2.24) is 0 Å². The Morgan fingerprint density at radius 1 is 1.04 bits per heavy atom. The number of rotatable bonds is 4. The lowest BCUT2D eigenvalue weighted by Crippen LogP contribution is -2.12. The van der Waals surface area contributed by atoms with E-state index in [1.165, 1.54) is 0 Å². The number of alkyl halides is 1. The molecular formula is C21H17ClN2O2. The third kappa shape index (κ3) is 3.49. The van der Waals surface area contributed by atoms with Crippen LogP contribution in [0, 0.1) is 25.2 Å². The van der Waals surface area contributed by atoms with E-state index < -0.39 is 5.91 Å². The molecular weight excluding hydrogens is 348 g/mol. The Bertz CT molecular complexity index is 981. The second-order valence-electron chi connectivity index (χ2n) is 6.04. The zero-order chi connectivity index (χ0) is 18.7. The van der Waals surface area contributed by atoms with Gasteiger partial charge in [-0.3, -0.25) is 10.1 Å². The summed E-state index contributed by atoms with van der Waals surface area (Å²) in [5.41, 5.74) is 4.84. The van der Waals surface area contributed by atoms with Gasteiger partial charge in [0.15, 0.2) is 0 Å². The Hall–Kier alpha value is -3.03. The van der Waals surface area contributed by atoms with Crippen molar-refractivity contribution in [3.63, 3.8) is 0 Å². The molecule has 130 valence electrons. The predicted molar refractivity (Wildman–Crippen MR) is 103 cm³/mol. The number of nitrogens with zero attached hydrogens (tertiary/aromatic N) is 1. The number of halogens is 1. The number of carbonyl (C=O) groups is 1. The average molecular weight is 365 g/mol. The molecule has 0 spiro atoms. The number of anilines is 1. The second kappa shape index (κ2) is 7.47. The molecule has 0 fully saturated rings. The highest BCUT2D eigenvalue weighted by Gasteiger charge is 2.24. The van der Waals surface area contributed by atoms with Crippen molar-refractivity contribution in [2.45, 2.75) is 13.8 Å². The van der Waals surface area contributed by atoms with E-state index in [0.717, 1.165) is 22.3 Å². The topological polar surface area (TPSA) is 66.0 Å². The van der Waals surface area contributed by atoms with Crippen molar-refractivity contribution in [3.05, 3.63) is 65.2 Å². The van der Waals surface area contributed by atoms with Gasteiger partial charge in [-0.05, 0) is 19.4 Å². The minimum absolute atomic E-state index is 0.115. The maximum atomic E-state index is 11.7. The molecule has 3 rings (SSSR count). The fourth-order valence-corrected chi connectivity index (χ4v) is 2.76. The quantitative estimate of drug-likeness (QED) is 0.640. The van der Waals surface area contributed by atoms with Crippen LogP contribution in [0.3, 0.4) is 0 Å². The molecule has 0 aliphatic carbocycles. The van der Waals surface area contributed by atoms with Crippen LogP contribution < -0.4 is 5.32 Å². The fraction of sp³-hybridized carbons (Fsp3) is 0.143. The van der Waals surface area contributed by atoms with Crippen molar-refractivity contribution in [1.29, 1.82) is 5.26 Å². The number of hydrogen-bond donors (Lipinski definition) is 1. The number of aryl methyl sites for hydroxylation is 2. The summed E-state index contributed by atoms with van der Waals surface area (Å²) in [7, 11) is 0. The van der Waals surface area contributed by atoms with Gasteiger partial charge in [0.25, 0.3) is 0 Å². The summed E-state index contributed by atoms with van der Waals surface area (Å²) < 4.78 is 5.91. The molecule has 1 aromatic heterocycles. The van der Waals surface area contributed by atoms with E-state index in [0.29, 0.717) is 11.3 Å². The van der Waals surface area contributed by atoms with Crippen LogP contribution in [0.4, 0.5) is 5.88 Å². The molecule has 0 radical (unpaired) electrons. The van der Waals surface area contributed by atoms with E-state index in [2.05, 4.69) is 11.4 Å². The highest BCUT2D eigenvalue weighted by atomic mass is 35.5. The zero-order valence-corrected chi connectivity index (χ0v) is 15.2. The molecule has 0 aliphatic heterocycles. The van der Waals surface area contributed by atoms with E-state index in [4.69, 9.17) is 16.0 Å². The van der Waals surface area contributed by atoms with E-state index >= 15 is 0 Å². The van der Waals surface area contributed by atoms with Gasteiger partial charge in [0.2, 0.25) is 11.8 Å². The van der Waals surface area contributed by atoms with Crippen LogP contribution in [0.1, 0.15) is 16.7 Å². The normalized spacial score (nSPS) is 10.4. The van der Waals surface area contributed by atoms with Crippen molar-refractivity contribution in [3.8, 4) is 28.5 Å². The summed E-state index contributed by atoms with van der Waals surface area (Å²) in [5.74, 6) is 0.00748. The zero-order valence-electron chi connectivity index (χ0n) is 14.5. The molecule has 0 saturated carbocycles. The fourth-order valence-electron chi connectivity index (χ4n) is 2.69. The Kier molecular flexibility index (Phi) is 5.11. The number of amides is 1. The molecule has 2 aromatic carbocycles. The van der Waals surface area contributed by atoms with Crippen molar-refractivity contribution in [2.24, 2.45) is 0 Å². The lowest BCUT2D eigenvalue weighted by molar-refractivity contribution is -0.114. The third-order valence-corrected chi connectivity index (χ3v) is 4.29. The van der Waals surface area contributed by atoms with Crippen LogP contribution in [0.5, 0.6) is 0 Å². The van der Waals surface area contributed by atoms with Crippen molar-refractivity contribution in [2.75, 3.05) is 11.2 Å². The van der Waals surface area contributed by atoms with Gasteiger partial charge in [-0.1, -0.05) is 59.7 Å². The lowest BCUT2D eigenvalue weighted by Gasteiger charge is -2.05. The third-order valence-electron chi connectivity index (χ3n) is 4.05. The molecule has 3 aromatic rings. The summed E-state index contributed by atoms with van der Waals surface area (Å²) in [4.78, 5) is 11.7. The minimum atomic E-state index is -0.428. The molecule has 1 heterocycles. The molecule has 0 unspecified atom stereocenters. The minimum Gasteiger partial charge on any atom is -0.438 e. The smallest absolute Gasteiger partial charge is 0.241 e. The summed E-state index contributed by atoms with van der Waals surface area (Å²) >= 11 is 5.58. The predicted octanol–water partition coefficient (Wildman–Crippen LogP) is 5.28. The molecule has 0 saturated heterocycles. The van der Waals surface area contributed by atoms with Gasteiger partial charge in [-0.25, -0.2) is 0 Å². The molecule has 1 amide bonds. The van der Waals surface area contributed by atoms with Gasteiger partial charge in [-0.2, -0.15) is 5.26 Å². The summed E-state index contributed by atoms with van der Waals surface area (Å²) in [5, 5.41) is 12.3. The number of carbonyl (C=O) groups excluding carboxylic acids is 1. The largest absolute Gasteiger partial charge is 0.438 e. The molecule has 0 aliphatic rings. The number of nitriles is 1. The molecule has 26 heavy (non-hydrogen) atoms. The van der Waals surface area contributed by atoms with Crippen LogP contribution in [0.2, 0.25) is 0 Å². The Balaban J connectivity index is 2.24. The van der Waals surface area contributed by atoms with Gasteiger partial charge in [0, 0.05) is 11.1 Å². The number of furan rings is 1. The summed E-state index contributed by atoms with van der Waals surface area (Å²) in [6, 6.07) is 17.8. The first-order valence-corrected chi connectivity index (χ1v) is 8.63. The van der Waals surface area contributed by atoms with Gasteiger partial charge >= 0.3 is 0 Å². The maximum Gasteiger partial charge on any atom is 0.241 e. The van der Waals surface area contributed by atoms with E-state index in [1.54, 1.807) is 0 Å². The monoisotopic (exact) mass is 364 g/mol. The standard InChI is InChI=1S/C21H17ClN2O2/c1-13-3-7-15(8-4-13)19-17(12-23)21(24-18(25)11-22)26-20(19)16-9-5-14(2)6-10-16/h3-10H,11H2,1-2H3,(H,24,25). The number of nitrogens with one attached hydrogen (secondary N) is 1. The molecule has 4 nitrogen and oxygen atoms in total. The van der Waals surface area contributed by atoms with Gasteiger partial charge < -0.3 is 4.42 Å². The van der Waals surface area contributed by atoms with Crippen LogP contribution in [-0.4, -0.2) is 11.8 Å². The first kappa shape index (κ1) is 17.8. The average Bonchev–Trinajstić information content (AvgIpc) is 3.01. The molecule has 0 bridgehead atoms. The Morgan fingerprint density at radius 2 is 1.58 bits per heavy atom. The van der Waals surface area contributed by atoms with Crippen LogP contribution in [-0.2, 0) is 4.79 Å². The number of hydrogen-bond acceptors (Lipinski definition) is 3. The first-order chi connectivity index (χ1) is 12.5. The van der Waals surface area contributed by atoms with Gasteiger partial charge in [0.05, 0.1) is 0 Å². The van der Waals surface area contributed by atoms with Crippen LogP contribution in [0.25, 0.3) is 22.5 Å². The second-order valence-corrected chi connectivity index (χ2v) is 6.30. The SMILES string of the molecule is Cc1ccc(-c2oc(NC(=O)CCl)c(C#N)c2-c2ccc(C)cc2)cc1. The van der Waals surface area contributed by atoms with Crippen LogP contribution in [0.15, 0.2) is 52.9 Å². The highest BCUT2D eigenvalue weighted by Crippen LogP contribution is 2.41. The van der Waals surface area contributed by atoms with Crippen molar-refractivity contribution >= 4 is 23.4 Å². The van der Waals surface area contributed by atoms with E-state index in [1.807, 2.05) is 62.4 Å². The lowest BCUT2D eigenvalue weighted by atomic mass is 9.97. The van der Waals surface area contributed by atoms with Crippen molar-refractivity contribution < 1.29 is 9.21 Å². The molecule has 1 N–H and O–H groups in total. The maximum absolute atomic E-state index is 11.7. The summed E-state index contributed by atoms with van der Waals surface area (Å²) in [6.07, 6.45) is 0. The van der Waals surface area contributed by atoms with Crippen LogP contribution >= 0.6 is 11.6 Å². The number of benzene rings is 2. The van der Waals surface area contributed by atoms with Gasteiger partial charge in [0.1, 0.15) is 23.3 Å². The Morgan fingerprint density at radius 3 is 2.08 bits per heavy atom. The van der Waals surface area contributed by atoms with E-state index in [9.17, 15) is 10.1 Å². The van der Waals surface area contributed by atoms with E-state index in [-0.39, 0.29) is 17.3 Å². The highest BCUT2D eigenvalue weighted by molar-refractivity contribution is 6.29. The van der Waals surface area contributed by atoms with Gasteiger partial charge in [-0.15, -0.1) is 11.6 Å². The Labute approximate surface area is 157 Å². The summed E-state index contributed by atoms with van der Waals surface area (Å²) in [6.45, 7) is 4.00.